The Labute approximate surface area is 187 Å². The summed E-state index contributed by atoms with van der Waals surface area (Å²) in [4.78, 5) is 31.6. The number of fused-ring (bicyclic) bond motifs is 1. The smallest absolute Gasteiger partial charge is 0.387 e. The zero-order chi connectivity index (χ0) is 23.1. The number of hydrogen-bond donors (Lipinski definition) is 2. The molecule has 0 spiro atoms. The number of nitrogens with zero attached hydrogens (tertiary/aromatic N) is 2. The van der Waals surface area contributed by atoms with Gasteiger partial charge in [-0.05, 0) is 47.9 Å². The fourth-order valence-electron chi connectivity index (χ4n) is 3.97. The minimum atomic E-state index is -2.85. The third kappa shape index (κ3) is 4.21. The monoisotopic (exact) mass is 450 g/mol. The molecular formula is C24H20F2N4O3. The summed E-state index contributed by atoms with van der Waals surface area (Å²) in [6.45, 7) is -2.85. The molecule has 1 amide bonds. The van der Waals surface area contributed by atoms with Crippen molar-refractivity contribution in [1.29, 1.82) is 0 Å². The number of nitrogens with one attached hydrogen (secondary N) is 2. The summed E-state index contributed by atoms with van der Waals surface area (Å²) in [7, 11) is 1.67. The van der Waals surface area contributed by atoms with Crippen molar-refractivity contribution in [3.8, 4) is 16.9 Å². The van der Waals surface area contributed by atoms with Gasteiger partial charge in [-0.25, -0.2) is 9.78 Å². The van der Waals surface area contributed by atoms with Gasteiger partial charge in [0, 0.05) is 36.3 Å². The van der Waals surface area contributed by atoms with E-state index in [0.29, 0.717) is 16.7 Å². The number of hydrogen-bond acceptors (Lipinski definition) is 4. The summed E-state index contributed by atoms with van der Waals surface area (Å²) in [5.41, 5.74) is 4.04. The van der Waals surface area contributed by atoms with Crippen LogP contribution in [0.2, 0.25) is 0 Å². The van der Waals surface area contributed by atoms with E-state index in [2.05, 4.69) is 20.0 Å². The van der Waals surface area contributed by atoms with Gasteiger partial charge in [0.05, 0.1) is 5.52 Å². The molecule has 7 nitrogen and oxygen atoms in total. The van der Waals surface area contributed by atoms with Crippen LogP contribution in [-0.4, -0.2) is 33.1 Å². The quantitative estimate of drug-likeness (QED) is 0.468. The number of halogens is 2. The van der Waals surface area contributed by atoms with Crippen LogP contribution in [-0.2, 0) is 7.05 Å². The first-order chi connectivity index (χ1) is 15.9. The highest BCUT2D eigenvalue weighted by Crippen LogP contribution is 2.41. The summed E-state index contributed by atoms with van der Waals surface area (Å²) in [6, 6.07) is 15.6. The van der Waals surface area contributed by atoms with Crippen molar-refractivity contribution in [3.05, 3.63) is 82.4 Å². The first-order valence-corrected chi connectivity index (χ1v) is 10.4. The average Bonchev–Trinajstić information content (AvgIpc) is 3.51. The summed E-state index contributed by atoms with van der Waals surface area (Å²) in [6.07, 6.45) is 2.44. The Hall–Kier alpha value is -4.01. The van der Waals surface area contributed by atoms with Gasteiger partial charge >= 0.3 is 12.3 Å². The lowest BCUT2D eigenvalue weighted by molar-refractivity contribution is -0.0498. The third-order valence-electron chi connectivity index (χ3n) is 5.86. The van der Waals surface area contributed by atoms with Crippen LogP contribution in [0.3, 0.4) is 0 Å². The molecule has 2 atom stereocenters. The molecule has 5 rings (SSSR count). The topological polar surface area (TPSA) is 89.0 Å². The lowest BCUT2D eigenvalue weighted by Gasteiger charge is -2.08. The van der Waals surface area contributed by atoms with Crippen molar-refractivity contribution in [1.82, 2.24) is 19.9 Å². The van der Waals surface area contributed by atoms with Gasteiger partial charge in [-0.2, -0.15) is 8.78 Å². The van der Waals surface area contributed by atoms with Crippen LogP contribution in [0, 0.1) is 0 Å². The normalized spacial score (nSPS) is 17.3. The number of ether oxygens (including phenoxy) is 1. The Balaban J connectivity index is 1.28. The van der Waals surface area contributed by atoms with Crippen LogP contribution in [0.5, 0.6) is 5.75 Å². The van der Waals surface area contributed by atoms with Crippen LogP contribution in [0.4, 0.5) is 8.78 Å². The van der Waals surface area contributed by atoms with Gasteiger partial charge in [0.1, 0.15) is 5.75 Å². The fraction of sp³-hybridized carbons (Fsp3) is 0.208. The summed E-state index contributed by atoms with van der Waals surface area (Å²) in [5, 5.41) is 3.03. The number of aromatic amines is 1. The molecule has 0 unspecified atom stereocenters. The number of rotatable bonds is 6. The Bertz CT molecular complexity index is 1400. The molecule has 1 aliphatic rings. The summed E-state index contributed by atoms with van der Waals surface area (Å²) < 4.78 is 30.4. The predicted molar refractivity (Wildman–Crippen MR) is 118 cm³/mol. The van der Waals surface area contributed by atoms with Gasteiger partial charge in [-0.15, -0.1) is 0 Å². The molecule has 0 bridgehead atoms. The number of aromatic nitrogens is 3. The number of carbonyl (C=O) groups excluding carboxylic acids is 1. The highest BCUT2D eigenvalue weighted by molar-refractivity contribution is 5.96. The van der Waals surface area contributed by atoms with E-state index in [0.717, 1.165) is 23.1 Å². The highest BCUT2D eigenvalue weighted by Gasteiger charge is 2.39. The van der Waals surface area contributed by atoms with Gasteiger partial charge in [0.2, 0.25) is 0 Å². The maximum atomic E-state index is 12.8. The minimum absolute atomic E-state index is 0.0181. The van der Waals surface area contributed by atoms with Crippen molar-refractivity contribution in [2.75, 3.05) is 0 Å². The molecule has 4 aromatic rings. The maximum absolute atomic E-state index is 12.8. The molecule has 9 heteroatoms. The average molecular weight is 450 g/mol. The highest BCUT2D eigenvalue weighted by atomic mass is 19.3. The molecule has 0 saturated heterocycles. The number of H-pyrrole nitrogens is 1. The second-order valence-corrected chi connectivity index (χ2v) is 8.03. The molecule has 0 aliphatic heterocycles. The Kier molecular flexibility index (Phi) is 5.16. The van der Waals surface area contributed by atoms with Crippen LogP contribution in [0.15, 0.2) is 65.6 Å². The number of imidazole rings is 1. The minimum Gasteiger partial charge on any atom is -0.435 e. The largest absolute Gasteiger partial charge is 0.435 e. The number of aryl methyl sites for hydroxylation is 1. The van der Waals surface area contributed by atoms with E-state index in [1.165, 1.54) is 16.7 Å². The molecule has 2 heterocycles. The van der Waals surface area contributed by atoms with Crippen molar-refractivity contribution >= 4 is 17.1 Å². The second kappa shape index (κ2) is 8.16. The van der Waals surface area contributed by atoms with Crippen molar-refractivity contribution in [2.24, 2.45) is 7.05 Å². The molecule has 168 valence electrons. The second-order valence-electron chi connectivity index (χ2n) is 8.03. The zero-order valence-corrected chi connectivity index (χ0v) is 17.6. The van der Waals surface area contributed by atoms with E-state index < -0.39 is 6.61 Å². The molecule has 1 aliphatic carbocycles. The van der Waals surface area contributed by atoms with E-state index in [-0.39, 0.29) is 29.3 Å². The van der Waals surface area contributed by atoms with Crippen molar-refractivity contribution in [3.63, 3.8) is 0 Å². The summed E-state index contributed by atoms with van der Waals surface area (Å²) >= 11 is 0. The van der Waals surface area contributed by atoms with Gasteiger partial charge in [0.25, 0.3) is 5.91 Å². The Morgan fingerprint density at radius 3 is 2.73 bits per heavy atom. The summed E-state index contributed by atoms with van der Waals surface area (Å²) in [5.74, 6) is 0.0588. The van der Waals surface area contributed by atoms with Crippen LogP contribution < -0.4 is 15.7 Å². The first kappa shape index (κ1) is 20.9. The van der Waals surface area contributed by atoms with E-state index in [1.807, 2.05) is 12.1 Å². The fourth-order valence-corrected chi connectivity index (χ4v) is 3.97. The SMILES string of the molecule is Cn1c(=O)[nH]c2ncc(-c3cccc(C(=O)N[C@@H]4C[C@@H]4c4ccc(OC(F)F)cc4)c3)cc21. The van der Waals surface area contributed by atoms with Gasteiger partial charge < -0.3 is 10.1 Å². The third-order valence-corrected chi connectivity index (χ3v) is 5.86. The van der Waals surface area contributed by atoms with Gasteiger partial charge in [0.15, 0.2) is 5.65 Å². The van der Waals surface area contributed by atoms with Crippen molar-refractivity contribution in [2.45, 2.75) is 25.0 Å². The van der Waals surface area contributed by atoms with Crippen LogP contribution >= 0.6 is 0 Å². The Morgan fingerprint density at radius 1 is 1.18 bits per heavy atom. The lowest BCUT2D eigenvalue weighted by atomic mass is 10.0. The molecule has 2 aromatic carbocycles. The first-order valence-electron chi connectivity index (χ1n) is 10.4. The standard InChI is InChI=1S/C24H20F2N4O3/c1-30-20-10-16(12-27-21(20)29-24(30)32)14-3-2-4-15(9-14)22(31)28-19-11-18(19)13-5-7-17(8-6-13)33-23(25)26/h2-10,12,18-19,23H,11H2,1H3,(H,28,31)(H,27,29,32)/t18-,19-/m1/s1. The number of alkyl halides is 2. The maximum Gasteiger partial charge on any atom is 0.387 e. The molecular weight excluding hydrogens is 430 g/mol. The molecule has 0 radical (unpaired) electrons. The Morgan fingerprint density at radius 2 is 1.97 bits per heavy atom. The number of carbonyl (C=O) groups is 1. The van der Waals surface area contributed by atoms with E-state index in [4.69, 9.17) is 0 Å². The molecule has 2 N–H and O–H groups in total. The molecule has 1 saturated carbocycles. The zero-order valence-electron chi connectivity index (χ0n) is 17.6. The molecule has 2 aromatic heterocycles. The number of benzene rings is 2. The number of pyridine rings is 1. The lowest BCUT2D eigenvalue weighted by Crippen LogP contribution is -2.26. The van der Waals surface area contributed by atoms with Gasteiger partial charge in [-0.1, -0.05) is 24.3 Å². The molecule has 1 fully saturated rings. The van der Waals surface area contributed by atoms with E-state index >= 15 is 0 Å². The van der Waals surface area contributed by atoms with Gasteiger partial charge in [-0.3, -0.25) is 14.3 Å². The number of amides is 1. The van der Waals surface area contributed by atoms with E-state index in [1.54, 1.807) is 43.6 Å². The predicted octanol–water partition coefficient (Wildman–Crippen LogP) is 3.82. The van der Waals surface area contributed by atoms with Crippen LogP contribution in [0.1, 0.15) is 28.3 Å². The van der Waals surface area contributed by atoms with Crippen LogP contribution in [0.25, 0.3) is 22.3 Å². The molecule has 33 heavy (non-hydrogen) atoms. The van der Waals surface area contributed by atoms with E-state index in [9.17, 15) is 18.4 Å². The van der Waals surface area contributed by atoms with Crippen molar-refractivity contribution < 1.29 is 18.3 Å².